The fourth-order valence-electron chi connectivity index (χ4n) is 2.85. The summed E-state index contributed by atoms with van der Waals surface area (Å²) in [5.74, 6) is 2.86. The van der Waals surface area contributed by atoms with Crippen molar-refractivity contribution in [3.05, 3.63) is 30.6 Å². The largest absolute Gasteiger partial charge is 0.340 e. The summed E-state index contributed by atoms with van der Waals surface area (Å²) >= 11 is 0. The molecule has 0 saturated carbocycles. The number of para-hydroxylation sites is 2. The molecule has 5 heteroatoms. The molecule has 2 aromatic rings. The number of hydrogen-bond acceptors (Lipinski definition) is 3. The lowest BCUT2D eigenvalue weighted by Crippen LogP contribution is -2.48. The van der Waals surface area contributed by atoms with Gasteiger partial charge in [-0.2, -0.15) is 0 Å². The van der Waals surface area contributed by atoms with Crippen LogP contribution in [0.5, 0.6) is 0 Å². The maximum atomic E-state index is 12.3. The Kier molecular flexibility index (Phi) is 4.40. The minimum atomic E-state index is 0.207. The summed E-state index contributed by atoms with van der Waals surface area (Å²) in [7, 11) is 0. The van der Waals surface area contributed by atoms with Crippen LogP contribution in [-0.4, -0.2) is 58.0 Å². The average molecular weight is 296 g/mol. The van der Waals surface area contributed by atoms with E-state index in [1.54, 1.807) is 0 Å². The van der Waals surface area contributed by atoms with E-state index >= 15 is 0 Å². The van der Waals surface area contributed by atoms with Crippen molar-refractivity contribution in [3.8, 4) is 12.3 Å². The molecule has 1 fully saturated rings. The van der Waals surface area contributed by atoms with E-state index in [1.165, 1.54) is 0 Å². The Hall–Kier alpha value is -2.32. The Morgan fingerprint density at radius 2 is 2.00 bits per heavy atom. The molecule has 1 aromatic heterocycles. The first-order valence-electron chi connectivity index (χ1n) is 7.61. The van der Waals surface area contributed by atoms with E-state index in [-0.39, 0.29) is 5.91 Å². The van der Waals surface area contributed by atoms with Crippen LogP contribution in [0.1, 0.15) is 6.42 Å². The van der Waals surface area contributed by atoms with Gasteiger partial charge in [0.25, 0.3) is 0 Å². The highest BCUT2D eigenvalue weighted by molar-refractivity contribution is 5.77. The molecule has 1 aromatic carbocycles. The van der Waals surface area contributed by atoms with E-state index in [4.69, 9.17) is 6.42 Å². The van der Waals surface area contributed by atoms with Crippen molar-refractivity contribution >= 4 is 16.9 Å². The number of amides is 1. The summed E-state index contributed by atoms with van der Waals surface area (Å²) in [5, 5.41) is 0. The van der Waals surface area contributed by atoms with Gasteiger partial charge in [0.2, 0.25) is 5.91 Å². The maximum Gasteiger partial charge on any atom is 0.224 e. The molecular formula is C17H20N4O. The van der Waals surface area contributed by atoms with Crippen molar-refractivity contribution < 1.29 is 4.79 Å². The fraction of sp³-hybridized carbons (Fsp3) is 0.412. The summed E-state index contributed by atoms with van der Waals surface area (Å²) in [6.07, 6.45) is 7.64. The Labute approximate surface area is 130 Å². The molecule has 0 spiro atoms. The van der Waals surface area contributed by atoms with Crippen LogP contribution in [0.2, 0.25) is 0 Å². The van der Waals surface area contributed by atoms with Crippen LogP contribution >= 0.6 is 0 Å². The molecule has 1 aliphatic heterocycles. The van der Waals surface area contributed by atoms with Gasteiger partial charge >= 0.3 is 0 Å². The molecule has 0 atom stereocenters. The molecule has 1 aliphatic rings. The number of fused-ring (bicyclic) bond motifs is 1. The molecule has 5 nitrogen and oxygen atoms in total. The van der Waals surface area contributed by atoms with Crippen LogP contribution in [0, 0.1) is 12.3 Å². The van der Waals surface area contributed by atoms with E-state index in [2.05, 4.69) is 15.8 Å². The Morgan fingerprint density at radius 3 is 2.77 bits per heavy atom. The van der Waals surface area contributed by atoms with Crippen molar-refractivity contribution in [2.45, 2.75) is 13.0 Å². The molecule has 2 heterocycles. The number of piperazine rings is 1. The zero-order valence-electron chi connectivity index (χ0n) is 12.6. The predicted octanol–water partition coefficient (Wildman–Crippen LogP) is 1.20. The van der Waals surface area contributed by atoms with Gasteiger partial charge in [0, 0.05) is 39.1 Å². The molecule has 0 bridgehead atoms. The minimum Gasteiger partial charge on any atom is -0.340 e. The number of aryl methyl sites for hydroxylation is 1. The van der Waals surface area contributed by atoms with Gasteiger partial charge in [0.1, 0.15) is 0 Å². The second-order valence-electron chi connectivity index (χ2n) is 5.54. The number of imidazole rings is 1. The summed E-state index contributed by atoms with van der Waals surface area (Å²) in [6.45, 7) is 4.61. The van der Waals surface area contributed by atoms with E-state index in [0.717, 1.165) is 37.2 Å². The monoisotopic (exact) mass is 296 g/mol. The first-order chi connectivity index (χ1) is 10.8. The topological polar surface area (TPSA) is 41.4 Å². The van der Waals surface area contributed by atoms with Gasteiger partial charge in [-0.15, -0.1) is 6.42 Å². The lowest BCUT2D eigenvalue weighted by molar-refractivity contribution is -0.133. The zero-order chi connectivity index (χ0) is 15.4. The first kappa shape index (κ1) is 14.6. The molecule has 114 valence electrons. The third-order valence-corrected chi connectivity index (χ3v) is 4.13. The molecule has 3 rings (SSSR count). The standard InChI is InChI=1S/C17H20N4O/c1-2-8-19-10-12-20(13-11-19)17(22)7-9-21-14-18-15-5-3-4-6-16(15)21/h1,3-6,14H,7-13H2. The molecule has 0 unspecified atom stereocenters. The predicted molar refractivity (Wildman–Crippen MR) is 86.2 cm³/mol. The van der Waals surface area contributed by atoms with Crippen molar-refractivity contribution in [2.24, 2.45) is 0 Å². The Balaban J connectivity index is 1.54. The Bertz CT molecular complexity index is 692. The van der Waals surface area contributed by atoms with Crippen LogP contribution in [-0.2, 0) is 11.3 Å². The average Bonchev–Trinajstić information content (AvgIpc) is 2.97. The van der Waals surface area contributed by atoms with E-state index in [0.29, 0.717) is 19.5 Å². The van der Waals surface area contributed by atoms with Crippen molar-refractivity contribution in [3.63, 3.8) is 0 Å². The van der Waals surface area contributed by atoms with Crippen LogP contribution in [0.3, 0.4) is 0 Å². The van der Waals surface area contributed by atoms with Gasteiger partial charge in [-0.1, -0.05) is 18.1 Å². The van der Waals surface area contributed by atoms with Crippen LogP contribution < -0.4 is 0 Å². The van der Waals surface area contributed by atoms with E-state index < -0.39 is 0 Å². The number of hydrogen-bond donors (Lipinski definition) is 0. The molecule has 1 amide bonds. The molecule has 0 aliphatic carbocycles. The number of benzene rings is 1. The van der Waals surface area contributed by atoms with Crippen molar-refractivity contribution in [2.75, 3.05) is 32.7 Å². The molecular weight excluding hydrogens is 276 g/mol. The number of nitrogens with zero attached hydrogens (tertiary/aromatic N) is 4. The summed E-state index contributed by atoms with van der Waals surface area (Å²) in [5.41, 5.74) is 2.05. The zero-order valence-corrected chi connectivity index (χ0v) is 12.6. The van der Waals surface area contributed by atoms with E-state index in [1.807, 2.05) is 40.1 Å². The second-order valence-corrected chi connectivity index (χ2v) is 5.54. The number of rotatable bonds is 4. The number of terminal acetylenes is 1. The lowest BCUT2D eigenvalue weighted by atomic mass is 10.2. The smallest absolute Gasteiger partial charge is 0.224 e. The molecule has 1 saturated heterocycles. The minimum absolute atomic E-state index is 0.207. The summed E-state index contributed by atoms with van der Waals surface area (Å²) in [6, 6.07) is 7.98. The fourth-order valence-corrected chi connectivity index (χ4v) is 2.85. The van der Waals surface area contributed by atoms with Gasteiger partial charge in [-0.25, -0.2) is 4.98 Å². The van der Waals surface area contributed by atoms with Crippen LogP contribution in [0.4, 0.5) is 0 Å². The van der Waals surface area contributed by atoms with Gasteiger partial charge in [-0.3, -0.25) is 9.69 Å². The molecule has 0 N–H and O–H groups in total. The molecule has 0 radical (unpaired) electrons. The highest BCUT2D eigenvalue weighted by atomic mass is 16.2. The van der Waals surface area contributed by atoms with Gasteiger partial charge in [-0.05, 0) is 12.1 Å². The quantitative estimate of drug-likeness (QED) is 0.796. The first-order valence-corrected chi connectivity index (χ1v) is 7.61. The number of carbonyl (C=O) groups is 1. The third kappa shape index (κ3) is 3.12. The maximum absolute atomic E-state index is 12.3. The van der Waals surface area contributed by atoms with Gasteiger partial charge in [0.15, 0.2) is 0 Å². The second kappa shape index (κ2) is 6.63. The normalized spacial score (nSPS) is 15.9. The lowest BCUT2D eigenvalue weighted by Gasteiger charge is -2.33. The van der Waals surface area contributed by atoms with Crippen LogP contribution in [0.15, 0.2) is 30.6 Å². The van der Waals surface area contributed by atoms with Crippen molar-refractivity contribution in [1.82, 2.24) is 19.4 Å². The number of carbonyl (C=O) groups excluding carboxylic acids is 1. The highest BCUT2D eigenvalue weighted by Crippen LogP contribution is 2.13. The SMILES string of the molecule is C#CCN1CCN(C(=O)CCn2cnc3ccccc32)CC1. The van der Waals surface area contributed by atoms with Crippen LogP contribution in [0.25, 0.3) is 11.0 Å². The van der Waals surface area contributed by atoms with E-state index in [9.17, 15) is 4.79 Å². The van der Waals surface area contributed by atoms with Crippen molar-refractivity contribution in [1.29, 1.82) is 0 Å². The highest BCUT2D eigenvalue weighted by Gasteiger charge is 2.20. The van der Waals surface area contributed by atoms with Gasteiger partial charge < -0.3 is 9.47 Å². The third-order valence-electron chi connectivity index (χ3n) is 4.13. The Morgan fingerprint density at radius 1 is 1.23 bits per heavy atom. The number of aromatic nitrogens is 2. The molecule has 22 heavy (non-hydrogen) atoms. The van der Waals surface area contributed by atoms with Gasteiger partial charge in [0.05, 0.1) is 23.9 Å². The summed E-state index contributed by atoms with van der Waals surface area (Å²) < 4.78 is 2.04. The summed E-state index contributed by atoms with van der Waals surface area (Å²) in [4.78, 5) is 20.8.